The van der Waals surface area contributed by atoms with Crippen molar-refractivity contribution in [3.05, 3.63) is 34.8 Å². The van der Waals surface area contributed by atoms with Crippen molar-refractivity contribution in [2.24, 2.45) is 0 Å². The lowest BCUT2D eigenvalue weighted by atomic mass is 10.0. The molecule has 1 saturated heterocycles. The molecule has 23 heavy (non-hydrogen) atoms. The van der Waals surface area contributed by atoms with Gasteiger partial charge in [0.05, 0.1) is 12.1 Å². The Morgan fingerprint density at radius 1 is 1.48 bits per heavy atom. The van der Waals surface area contributed by atoms with Crippen LogP contribution in [-0.2, 0) is 11.2 Å². The van der Waals surface area contributed by atoms with Crippen LogP contribution < -0.4 is 5.32 Å². The molecule has 0 spiro atoms. The minimum atomic E-state index is 0.0520. The second kappa shape index (κ2) is 6.95. The van der Waals surface area contributed by atoms with E-state index < -0.39 is 0 Å². The van der Waals surface area contributed by atoms with Crippen LogP contribution in [0.15, 0.2) is 22.9 Å². The van der Waals surface area contributed by atoms with E-state index in [4.69, 9.17) is 16.1 Å². The van der Waals surface area contributed by atoms with Crippen molar-refractivity contribution in [3.63, 3.8) is 0 Å². The van der Waals surface area contributed by atoms with Crippen molar-refractivity contribution in [1.82, 2.24) is 20.3 Å². The summed E-state index contributed by atoms with van der Waals surface area (Å²) in [6, 6.07) is 4.04. The van der Waals surface area contributed by atoms with E-state index in [1.54, 1.807) is 13.1 Å². The third kappa shape index (κ3) is 3.79. The van der Waals surface area contributed by atoms with Crippen LogP contribution in [0.3, 0.4) is 0 Å². The predicted octanol–water partition coefficient (Wildman–Crippen LogP) is 2.07. The minimum absolute atomic E-state index is 0.0520. The zero-order valence-corrected chi connectivity index (χ0v) is 13.6. The number of likely N-dealkylation sites (tertiary alicyclic amines) is 1. The average Bonchev–Trinajstić information content (AvgIpc) is 2.88. The molecular formula is C15H18ClN5O2. The number of amides is 1. The fourth-order valence-corrected chi connectivity index (χ4v) is 2.92. The summed E-state index contributed by atoms with van der Waals surface area (Å²) in [4.78, 5) is 14.2. The number of nitrogens with zero attached hydrogens (tertiary/aromatic N) is 4. The van der Waals surface area contributed by atoms with Gasteiger partial charge in [-0.15, -0.1) is 5.10 Å². The van der Waals surface area contributed by atoms with Gasteiger partial charge in [0, 0.05) is 30.9 Å². The van der Waals surface area contributed by atoms with Crippen molar-refractivity contribution in [2.75, 3.05) is 18.4 Å². The molecule has 7 nitrogen and oxygen atoms in total. The van der Waals surface area contributed by atoms with E-state index in [1.807, 2.05) is 17.0 Å². The first-order valence-electron chi connectivity index (χ1n) is 7.56. The topological polar surface area (TPSA) is 84.2 Å². The van der Waals surface area contributed by atoms with Crippen LogP contribution in [-0.4, -0.2) is 45.3 Å². The Labute approximate surface area is 139 Å². The number of hydrogen-bond donors (Lipinski definition) is 1. The number of carbonyl (C=O) groups excluding carboxylic acids is 1. The highest BCUT2D eigenvalue weighted by Crippen LogP contribution is 2.21. The van der Waals surface area contributed by atoms with Gasteiger partial charge in [-0.05, 0) is 43.5 Å². The van der Waals surface area contributed by atoms with Gasteiger partial charge in [-0.25, -0.2) is 0 Å². The highest BCUT2D eigenvalue weighted by molar-refractivity contribution is 6.29. The molecule has 0 unspecified atom stereocenters. The normalized spacial score (nSPS) is 15.7. The first-order valence-corrected chi connectivity index (χ1v) is 7.94. The molecule has 1 amide bonds. The standard InChI is InChI=1S/C15H18ClN5O2/c1-10-12(15(16)23-20-10)9-14(22)21-7-4-11(5-8-21)18-13-3-2-6-17-19-13/h2-3,6,11H,4-5,7-9H2,1H3,(H,18,19). The third-order valence-corrected chi connectivity index (χ3v) is 4.33. The van der Waals surface area contributed by atoms with Crippen LogP contribution in [0, 0.1) is 6.92 Å². The number of aryl methyl sites for hydroxylation is 1. The monoisotopic (exact) mass is 335 g/mol. The molecule has 3 rings (SSSR count). The second-order valence-electron chi connectivity index (χ2n) is 5.61. The number of hydrogen-bond acceptors (Lipinski definition) is 6. The fraction of sp³-hybridized carbons (Fsp3) is 0.467. The molecule has 2 aromatic heterocycles. The summed E-state index contributed by atoms with van der Waals surface area (Å²) in [5, 5.41) is 15.2. The van der Waals surface area contributed by atoms with Crippen molar-refractivity contribution in [3.8, 4) is 0 Å². The van der Waals surface area contributed by atoms with Crippen molar-refractivity contribution < 1.29 is 9.32 Å². The highest BCUT2D eigenvalue weighted by atomic mass is 35.5. The molecule has 2 aromatic rings. The molecule has 0 saturated carbocycles. The Bertz CT molecular complexity index is 648. The number of rotatable bonds is 4. The lowest BCUT2D eigenvalue weighted by molar-refractivity contribution is -0.131. The third-order valence-electron chi connectivity index (χ3n) is 4.04. The largest absolute Gasteiger partial charge is 0.366 e. The summed E-state index contributed by atoms with van der Waals surface area (Å²) >= 11 is 5.92. The molecule has 0 bridgehead atoms. The summed E-state index contributed by atoms with van der Waals surface area (Å²) in [5.74, 6) is 0.820. The smallest absolute Gasteiger partial charge is 0.229 e. The molecule has 0 aromatic carbocycles. The number of piperidine rings is 1. The van der Waals surface area contributed by atoms with Crippen molar-refractivity contribution >= 4 is 23.3 Å². The second-order valence-corrected chi connectivity index (χ2v) is 5.95. The lowest BCUT2D eigenvalue weighted by Crippen LogP contribution is -2.43. The predicted molar refractivity (Wildman–Crippen MR) is 85.2 cm³/mol. The molecule has 0 radical (unpaired) electrons. The first-order chi connectivity index (χ1) is 11.1. The Hall–Kier alpha value is -2.15. The molecule has 1 N–H and O–H groups in total. The summed E-state index contributed by atoms with van der Waals surface area (Å²) in [5.41, 5.74) is 1.35. The maximum Gasteiger partial charge on any atom is 0.229 e. The van der Waals surface area contributed by atoms with Gasteiger partial charge in [-0.3, -0.25) is 4.79 Å². The molecule has 1 aliphatic rings. The first kappa shape index (κ1) is 15.7. The Morgan fingerprint density at radius 2 is 2.26 bits per heavy atom. The van der Waals surface area contributed by atoms with Crippen LogP contribution in [0.1, 0.15) is 24.1 Å². The summed E-state index contributed by atoms with van der Waals surface area (Å²) in [6.07, 6.45) is 3.62. The van der Waals surface area contributed by atoms with Crippen LogP contribution in [0.2, 0.25) is 5.22 Å². The Morgan fingerprint density at radius 3 is 2.87 bits per heavy atom. The molecular weight excluding hydrogens is 318 g/mol. The number of aromatic nitrogens is 3. The minimum Gasteiger partial charge on any atom is -0.366 e. The maximum absolute atomic E-state index is 12.4. The zero-order chi connectivity index (χ0) is 16.2. The van der Waals surface area contributed by atoms with E-state index >= 15 is 0 Å². The SMILES string of the molecule is Cc1noc(Cl)c1CC(=O)N1CCC(Nc2cccnn2)CC1. The Balaban J connectivity index is 1.51. The van der Waals surface area contributed by atoms with Gasteiger partial charge in [0.15, 0.2) is 0 Å². The average molecular weight is 336 g/mol. The van der Waals surface area contributed by atoms with E-state index in [0.717, 1.165) is 18.7 Å². The van der Waals surface area contributed by atoms with Gasteiger partial charge in [0.25, 0.3) is 0 Å². The fourth-order valence-electron chi connectivity index (χ4n) is 2.68. The van der Waals surface area contributed by atoms with E-state index in [2.05, 4.69) is 20.7 Å². The summed E-state index contributed by atoms with van der Waals surface area (Å²) in [6.45, 7) is 3.20. The van der Waals surface area contributed by atoms with Gasteiger partial charge in [-0.1, -0.05) is 5.16 Å². The molecule has 1 aliphatic heterocycles. The zero-order valence-electron chi connectivity index (χ0n) is 12.8. The molecule has 122 valence electrons. The molecule has 1 fully saturated rings. The lowest BCUT2D eigenvalue weighted by Gasteiger charge is -2.32. The van der Waals surface area contributed by atoms with Crippen LogP contribution in [0.4, 0.5) is 5.82 Å². The van der Waals surface area contributed by atoms with Gasteiger partial charge in [0.2, 0.25) is 11.1 Å². The molecule has 0 aliphatic carbocycles. The number of anilines is 1. The maximum atomic E-state index is 12.4. The number of nitrogens with one attached hydrogen (secondary N) is 1. The van der Waals surface area contributed by atoms with Crippen LogP contribution in [0.5, 0.6) is 0 Å². The van der Waals surface area contributed by atoms with Gasteiger partial charge in [-0.2, -0.15) is 5.10 Å². The van der Waals surface area contributed by atoms with E-state index in [-0.39, 0.29) is 17.5 Å². The van der Waals surface area contributed by atoms with E-state index in [9.17, 15) is 4.79 Å². The molecule has 0 atom stereocenters. The van der Waals surface area contributed by atoms with Gasteiger partial charge < -0.3 is 14.7 Å². The summed E-state index contributed by atoms with van der Waals surface area (Å²) in [7, 11) is 0. The molecule has 3 heterocycles. The Kier molecular flexibility index (Phi) is 4.76. The van der Waals surface area contributed by atoms with Crippen LogP contribution >= 0.6 is 11.6 Å². The number of halogens is 1. The molecule has 8 heteroatoms. The van der Waals surface area contributed by atoms with Gasteiger partial charge >= 0.3 is 0 Å². The summed E-state index contributed by atoms with van der Waals surface area (Å²) < 4.78 is 4.89. The van der Waals surface area contributed by atoms with Gasteiger partial charge in [0.1, 0.15) is 5.82 Å². The van der Waals surface area contributed by atoms with E-state index in [0.29, 0.717) is 30.4 Å². The number of carbonyl (C=O) groups is 1. The van der Waals surface area contributed by atoms with E-state index in [1.165, 1.54) is 0 Å². The van der Waals surface area contributed by atoms with Crippen molar-refractivity contribution in [2.45, 2.75) is 32.2 Å². The highest BCUT2D eigenvalue weighted by Gasteiger charge is 2.25. The van der Waals surface area contributed by atoms with Crippen molar-refractivity contribution in [1.29, 1.82) is 0 Å². The van der Waals surface area contributed by atoms with Crippen LogP contribution in [0.25, 0.3) is 0 Å². The quantitative estimate of drug-likeness (QED) is 0.920.